The van der Waals surface area contributed by atoms with Crippen LogP contribution in [0.15, 0.2) is 108 Å². The summed E-state index contributed by atoms with van der Waals surface area (Å²) < 4.78 is 23.4. The average molecular weight is 595 g/mol. The molecule has 2 N–H and O–H groups in total. The zero-order valence-electron chi connectivity index (χ0n) is 25.1. The van der Waals surface area contributed by atoms with Crippen molar-refractivity contribution in [2.45, 2.75) is 30.9 Å². The molecule has 4 aromatic carbocycles. The molecule has 8 heteroatoms. The van der Waals surface area contributed by atoms with E-state index in [1.807, 2.05) is 103 Å². The van der Waals surface area contributed by atoms with Crippen LogP contribution in [0.4, 0.5) is 0 Å². The van der Waals surface area contributed by atoms with Gasteiger partial charge in [-0.05, 0) is 65.6 Å². The lowest BCUT2D eigenvalue weighted by molar-refractivity contribution is -0.128. The normalized spacial score (nSPS) is 17.3. The van der Waals surface area contributed by atoms with E-state index in [0.717, 1.165) is 28.0 Å². The molecule has 0 saturated heterocycles. The van der Waals surface area contributed by atoms with Crippen LogP contribution in [-0.4, -0.2) is 56.4 Å². The maximum atomic E-state index is 14.4. The number of amides is 1. The molecule has 0 aromatic heterocycles. The molecular weight excluding hydrogens is 556 g/mol. The van der Waals surface area contributed by atoms with Crippen molar-refractivity contribution in [2.75, 3.05) is 34.0 Å². The summed E-state index contributed by atoms with van der Waals surface area (Å²) in [5.74, 6) is 2.26. The fourth-order valence-corrected chi connectivity index (χ4v) is 5.37. The Hall–Kier alpha value is -4.82. The van der Waals surface area contributed by atoms with Crippen LogP contribution in [0.2, 0.25) is 0 Å². The summed E-state index contributed by atoms with van der Waals surface area (Å²) in [4.78, 5) is 19.5. The number of nitrogens with one attached hydrogen (secondary N) is 1. The molecule has 0 bridgehead atoms. The summed E-state index contributed by atoms with van der Waals surface area (Å²) in [5.41, 5.74) is 2.17. The lowest BCUT2D eigenvalue weighted by Crippen LogP contribution is -2.50. The summed E-state index contributed by atoms with van der Waals surface area (Å²) in [7, 11) is 3.26. The van der Waals surface area contributed by atoms with Crippen LogP contribution >= 0.6 is 0 Å². The molecule has 0 spiro atoms. The quantitative estimate of drug-likeness (QED) is 0.192. The lowest BCUT2D eigenvalue weighted by Gasteiger charge is -2.31. The zero-order chi connectivity index (χ0) is 30.8. The Morgan fingerprint density at radius 2 is 1.68 bits per heavy atom. The van der Waals surface area contributed by atoms with E-state index in [0.29, 0.717) is 49.8 Å². The third-order valence-electron chi connectivity index (χ3n) is 7.62. The Bertz CT molecular complexity index is 1560. The third-order valence-corrected chi connectivity index (χ3v) is 7.62. The van der Waals surface area contributed by atoms with Crippen molar-refractivity contribution in [3.8, 4) is 17.2 Å². The second kappa shape index (κ2) is 14.6. The fraction of sp³-hybridized carbons (Fsp3) is 0.278. The van der Waals surface area contributed by atoms with Crippen LogP contribution in [0.25, 0.3) is 0 Å². The van der Waals surface area contributed by atoms with E-state index in [-0.39, 0.29) is 12.5 Å². The predicted molar refractivity (Wildman–Crippen MR) is 170 cm³/mol. The van der Waals surface area contributed by atoms with Crippen LogP contribution in [-0.2, 0) is 22.4 Å². The highest BCUT2D eigenvalue weighted by Gasteiger charge is 2.53. The smallest absolute Gasteiger partial charge is 0.252 e. The van der Waals surface area contributed by atoms with Crippen LogP contribution in [0.3, 0.4) is 0 Å². The average Bonchev–Trinajstić information content (AvgIpc) is 3.46. The summed E-state index contributed by atoms with van der Waals surface area (Å²) in [6, 6.07) is 32.6. The number of hydrogen-bond acceptors (Lipinski definition) is 7. The van der Waals surface area contributed by atoms with Gasteiger partial charge < -0.3 is 29.4 Å². The Kier molecular flexibility index (Phi) is 10.1. The number of carbonyl (C=O) groups excluding carboxylic acids is 1. The minimum Gasteiger partial charge on any atom is -0.497 e. The van der Waals surface area contributed by atoms with Crippen LogP contribution in [0.1, 0.15) is 34.8 Å². The van der Waals surface area contributed by atoms with Gasteiger partial charge in [-0.25, -0.2) is 4.99 Å². The standard InChI is InChI=1S/C36H38N2O6/c1-41-31-14-8-13-29(24-31)33-36(25-26-10-4-3-5-11-26,35(40)37-21-20-27-12-6-7-15-32(27)42-2)38-34(44-33)28-16-18-30(19-17-28)43-23-9-22-39/h3-8,10-19,24,33,39H,9,20-23,25H2,1-2H3,(H,37,40)/t33-,36-/m1/s1. The summed E-state index contributed by atoms with van der Waals surface area (Å²) in [5, 5.41) is 12.2. The number of carbonyl (C=O) groups is 1. The first-order chi connectivity index (χ1) is 21.6. The van der Waals surface area contributed by atoms with Crippen LogP contribution < -0.4 is 19.5 Å². The topological polar surface area (TPSA) is 98.6 Å². The number of ether oxygens (including phenoxy) is 4. The molecule has 228 valence electrons. The van der Waals surface area contributed by atoms with Gasteiger partial charge in [-0.1, -0.05) is 60.7 Å². The molecule has 1 aliphatic heterocycles. The highest BCUT2D eigenvalue weighted by Crippen LogP contribution is 2.43. The number of methoxy groups -OCH3 is 2. The molecule has 44 heavy (non-hydrogen) atoms. The first kappa shape index (κ1) is 30.6. The highest BCUT2D eigenvalue weighted by atomic mass is 16.5. The summed E-state index contributed by atoms with van der Waals surface area (Å²) in [6.45, 7) is 0.880. The number of rotatable bonds is 14. The molecule has 0 aliphatic carbocycles. The van der Waals surface area contributed by atoms with Gasteiger partial charge in [-0.3, -0.25) is 4.79 Å². The van der Waals surface area contributed by atoms with Crippen molar-refractivity contribution >= 4 is 11.8 Å². The first-order valence-corrected chi connectivity index (χ1v) is 14.7. The van der Waals surface area contributed by atoms with Crippen molar-refractivity contribution in [2.24, 2.45) is 4.99 Å². The Morgan fingerprint density at radius 3 is 2.43 bits per heavy atom. The second-order valence-corrected chi connectivity index (χ2v) is 10.5. The van der Waals surface area contributed by atoms with Gasteiger partial charge >= 0.3 is 0 Å². The summed E-state index contributed by atoms with van der Waals surface area (Å²) in [6.07, 6.45) is 0.742. The van der Waals surface area contributed by atoms with E-state index in [1.165, 1.54) is 0 Å². The zero-order valence-corrected chi connectivity index (χ0v) is 25.1. The number of aliphatic hydroxyl groups is 1. The van der Waals surface area contributed by atoms with Gasteiger partial charge in [0.1, 0.15) is 17.2 Å². The van der Waals surface area contributed by atoms with Crippen molar-refractivity contribution in [3.05, 3.63) is 125 Å². The third kappa shape index (κ3) is 7.03. The highest BCUT2D eigenvalue weighted by molar-refractivity contribution is 6.01. The Labute approximate surface area is 258 Å². The molecule has 1 aliphatic rings. The molecule has 1 amide bonds. The van der Waals surface area contributed by atoms with Crippen LogP contribution in [0.5, 0.6) is 17.2 Å². The molecule has 4 aromatic rings. The lowest BCUT2D eigenvalue weighted by atomic mass is 9.82. The van der Waals surface area contributed by atoms with Crippen molar-refractivity contribution in [1.82, 2.24) is 5.32 Å². The van der Waals surface area contributed by atoms with Gasteiger partial charge in [0.05, 0.1) is 20.8 Å². The molecule has 5 rings (SSSR count). The number of nitrogens with zero attached hydrogens (tertiary/aromatic N) is 1. The fourth-order valence-electron chi connectivity index (χ4n) is 5.37. The second-order valence-electron chi connectivity index (χ2n) is 10.5. The molecule has 2 atom stereocenters. The van der Waals surface area contributed by atoms with Crippen molar-refractivity contribution in [3.63, 3.8) is 0 Å². The van der Waals surface area contributed by atoms with Crippen LogP contribution in [0, 0.1) is 0 Å². The minimum atomic E-state index is -1.31. The minimum absolute atomic E-state index is 0.0683. The van der Waals surface area contributed by atoms with E-state index in [4.69, 9.17) is 29.0 Å². The SMILES string of the molecule is COc1cccc([C@H]2OC(c3ccc(OCCCO)cc3)=N[C@@]2(Cc2ccccc2)C(=O)NCCc2ccccc2OC)c1. The number of para-hydroxylation sites is 1. The Morgan fingerprint density at radius 1 is 0.909 bits per heavy atom. The van der Waals surface area contributed by atoms with Gasteiger partial charge in [0.2, 0.25) is 5.90 Å². The summed E-state index contributed by atoms with van der Waals surface area (Å²) >= 11 is 0. The molecule has 8 nitrogen and oxygen atoms in total. The Balaban J connectivity index is 1.51. The van der Waals surface area contributed by atoms with E-state index in [1.54, 1.807) is 14.2 Å². The van der Waals surface area contributed by atoms with E-state index >= 15 is 0 Å². The largest absolute Gasteiger partial charge is 0.497 e. The van der Waals surface area contributed by atoms with Gasteiger partial charge in [-0.2, -0.15) is 0 Å². The van der Waals surface area contributed by atoms with E-state index in [9.17, 15) is 4.79 Å². The molecule has 0 radical (unpaired) electrons. The number of aliphatic imine (C=N–C) groups is 1. The maximum Gasteiger partial charge on any atom is 0.252 e. The molecular formula is C36H38N2O6. The number of aliphatic hydroxyl groups excluding tert-OH is 1. The predicted octanol–water partition coefficient (Wildman–Crippen LogP) is 5.32. The van der Waals surface area contributed by atoms with Gasteiger partial charge in [0, 0.05) is 31.6 Å². The molecule has 1 heterocycles. The monoisotopic (exact) mass is 594 g/mol. The molecule has 0 saturated carbocycles. The number of hydrogen-bond donors (Lipinski definition) is 2. The molecule has 0 fully saturated rings. The van der Waals surface area contributed by atoms with Gasteiger partial charge in [0.15, 0.2) is 11.6 Å². The van der Waals surface area contributed by atoms with Crippen molar-refractivity contribution < 1.29 is 28.8 Å². The molecule has 0 unspecified atom stereocenters. The van der Waals surface area contributed by atoms with Gasteiger partial charge in [-0.15, -0.1) is 0 Å². The van der Waals surface area contributed by atoms with E-state index < -0.39 is 11.6 Å². The first-order valence-electron chi connectivity index (χ1n) is 14.7. The maximum absolute atomic E-state index is 14.4. The van der Waals surface area contributed by atoms with Gasteiger partial charge in [0.25, 0.3) is 5.91 Å². The number of benzene rings is 4. The van der Waals surface area contributed by atoms with Crippen molar-refractivity contribution in [1.29, 1.82) is 0 Å². The van der Waals surface area contributed by atoms with E-state index in [2.05, 4.69) is 5.32 Å².